The molecule has 2 aromatic rings. The van der Waals surface area contributed by atoms with Gasteiger partial charge in [-0.05, 0) is 36.8 Å². The molecule has 4 nitrogen and oxygen atoms in total. The van der Waals surface area contributed by atoms with E-state index in [2.05, 4.69) is 24.2 Å². The van der Waals surface area contributed by atoms with E-state index in [1.54, 1.807) is 10.9 Å². The van der Waals surface area contributed by atoms with Gasteiger partial charge in [0.2, 0.25) is 0 Å². The third kappa shape index (κ3) is 2.16. The summed E-state index contributed by atoms with van der Waals surface area (Å²) in [4.78, 5) is 0. The van der Waals surface area contributed by atoms with E-state index in [0.717, 1.165) is 30.6 Å². The Bertz CT molecular complexity index is 576. The van der Waals surface area contributed by atoms with Crippen LogP contribution in [0.15, 0.2) is 36.5 Å². The first-order chi connectivity index (χ1) is 9.00. The molecule has 1 N–H and O–H groups in total. The molecule has 0 saturated heterocycles. The van der Waals surface area contributed by atoms with Crippen molar-refractivity contribution in [3.05, 3.63) is 42.2 Å². The van der Waals surface area contributed by atoms with Crippen LogP contribution in [0.1, 0.15) is 38.8 Å². The van der Waals surface area contributed by atoms with Gasteiger partial charge in [0.05, 0.1) is 17.6 Å². The molecule has 1 aromatic heterocycles. The summed E-state index contributed by atoms with van der Waals surface area (Å²) in [5.41, 5.74) is 1.08. The summed E-state index contributed by atoms with van der Waals surface area (Å²) in [6.07, 6.45) is 4.22. The van der Waals surface area contributed by atoms with Gasteiger partial charge >= 0.3 is 0 Å². The number of para-hydroxylation sites is 1. The van der Waals surface area contributed by atoms with Crippen molar-refractivity contribution in [3.8, 4) is 5.69 Å². The molecule has 1 atom stereocenters. The molecule has 0 aliphatic heterocycles. The SMILES string of the molecule is CC1(C)CCC(O)(c2cnnn2-c2ccccc2)C1. The fraction of sp³-hybridized carbons (Fsp3) is 0.467. The van der Waals surface area contributed by atoms with E-state index in [0.29, 0.717) is 0 Å². The first kappa shape index (κ1) is 12.4. The van der Waals surface area contributed by atoms with Crippen LogP contribution in [0.5, 0.6) is 0 Å². The Morgan fingerprint density at radius 2 is 1.89 bits per heavy atom. The molecule has 0 radical (unpaired) electrons. The van der Waals surface area contributed by atoms with Crippen LogP contribution in [0.25, 0.3) is 5.69 Å². The Kier molecular flexibility index (Phi) is 2.71. The van der Waals surface area contributed by atoms with E-state index in [4.69, 9.17) is 0 Å². The molecular formula is C15H19N3O. The van der Waals surface area contributed by atoms with Gasteiger partial charge in [-0.2, -0.15) is 0 Å². The predicted molar refractivity (Wildman–Crippen MR) is 72.9 cm³/mol. The first-order valence-electron chi connectivity index (χ1n) is 6.69. The zero-order chi connectivity index (χ0) is 13.5. The molecule has 0 spiro atoms. The molecule has 19 heavy (non-hydrogen) atoms. The van der Waals surface area contributed by atoms with Crippen molar-refractivity contribution >= 4 is 0 Å². The Labute approximate surface area is 113 Å². The largest absolute Gasteiger partial charge is 0.383 e. The van der Waals surface area contributed by atoms with Gasteiger partial charge in [-0.15, -0.1) is 5.10 Å². The smallest absolute Gasteiger partial charge is 0.109 e. The summed E-state index contributed by atoms with van der Waals surface area (Å²) in [6, 6.07) is 9.84. The average molecular weight is 257 g/mol. The number of rotatable bonds is 2. The fourth-order valence-corrected chi connectivity index (χ4v) is 3.04. The molecule has 3 rings (SSSR count). The highest BCUT2D eigenvalue weighted by atomic mass is 16.3. The Hall–Kier alpha value is -1.68. The molecule has 4 heteroatoms. The van der Waals surface area contributed by atoms with Crippen LogP contribution in [-0.4, -0.2) is 20.1 Å². The lowest BCUT2D eigenvalue weighted by atomic mass is 9.88. The lowest BCUT2D eigenvalue weighted by Gasteiger charge is -2.25. The van der Waals surface area contributed by atoms with Crippen LogP contribution in [0.2, 0.25) is 0 Å². The molecule has 100 valence electrons. The van der Waals surface area contributed by atoms with Crippen LogP contribution >= 0.6 is 0 Å². The summed E-state index contributed by atoms with van der Waals surface area (Å²) in [6.45, 7) is 4.39. The van der Waals surface area contributed by atoms with E-state index >= 15 is 0 Å². The minimum Gasteiger partial charge on any atom is -0.383 e. The van der Waals surface area contributed by atoms with Gasteiger partial charge < -0.3 is 5.11 Å². The summed E-state index contributed by atoms with van der Waals surface area (Å²) in [5, 5.41) is 19.0. The molecule has 1 heterocycles. The molecule has 0 bridgehead atoms. The number of benzene rings is 1. The molecule has 0 amide bonds. The van der Waals surface area contributed by atoms with Crippen LogP contribution in [0.3, 0.4) is 0 Å². The minimum atomic E-state index is -0.817. The lowest BCUT2D eigenvalue weighted by Crippen LogP contribution is -2.26. The predicted octanol–water partition coefficient (Wildman–Crippen LogP) is 2.67. The van der Waals surface area contributed by atoms with Crippen LogP contribution in [-0.2, 0) is 5.60 Å². The number of hydrogen-bond acceptors (Lipinski definition) is 3. The topological polar surface area (TPSA) is 50.9 Å². The van der Waals surface area contributed by atoms with E-state index < -0.39 is 5.60 Å². The van der Waals surface area contributed by atoms with Gasteiger partial charge in [0.15, 0.2) is 0 Å². The molecular weight excluding hydrogens is 238 g/mol. The Morgan fingerprint density at radius 3 is 2.53 bits per heavy atom. The first-order valence-corrected chi connectivity index (χ1v) is 6.69. The van der Waals surface area contributed by atoms with Gasteiger partial charge in [-0.3, -0.25) is 0 Å². The second kappa shape index (κ2) is 4.17. The monoisotopic (exact) mass is 257 g/mol. The number of aliphatic hydroxyl groups is 1. The number of nitrogens with zero attached hydrogens (tertiary/aromatic N) is 3. The van der Waals surface area contributed by atoms with Crippen LogP contribution in [0.4, 0.5) is 0 Å². The fourth-order valence-electron chi connectivity index (χ4n) is 3.04. The van der Waals surface area contributed by atoms with Crippen molar-refractivity contribution < 1.29 is 5.11 Å². The van der Waals surface area contributed by atoms with Crippen molar-refractivity contribution in [2.45, 2.75) is 38.7 Å². The summed E-state index contributed by atoms with van der Waals surface area (Å²) >= 11 is 0. The lowest BCUT2D eigenvalue weighted by molar-refractivity contribution is 0.0271. The summed E-state index contributed by atoms with van der Waals surface area (Å²) < 4.78 is 1.75. The zero-order valence-electron chi connectivity index (χ0n) is 11.4. The van der Waals surface area contributed by atoms with Gasteiger partial charge in [-0.25, -0.2) is 4.68 Å². The molecule has 1 aliphatic rings. The van der Waals surface area contributed by atoms with Crippen LogP contribution < -0.4 is 0 Å². The van der Waals surface area contributed by atoms with Gasteiger partial charge in [-0.1, -0.05) is 37.3 Å². The maximum atomic E-state index is 10.9. The maximum Gasteiger partial charge on any atom is 0.109 e. The highest BCUT2D eigenvalue weighted by Gasteiger charge is 2.45. The zero-order valence-corrected chi connectivity index (χ0v) is 11.4. The normalized spacial score (nSPS) is 25.6. The Balaban J connectivity index is 2.02. The highest BCUT2D eigenvalue weighted by Crippen LogP contribution is 2.48. The minimum absolute atomic E-state index is 0.167. The quantitative estimate of drug-likeness (QED) is 0.899. The molecule has 1 aromatic carbocycles. The molecule has 1 saturated carbocycles. The van der Waals surface area contributed by atoms with Crippen molar-refractivity contribution in [2.75, 3.05) is 0 Å². The van der Waals surface area contributed by atoms with Gasteiger partial charge in [0.1, 0.15) is 5.60 Å². The van der Waals surface area contributed by atoms with E-state index in [-0.39, 0.29) is 5.41 Å². The Morgan fingerprint density at radius 1 is 1.16 bits per heavy atom. The van der Waals surface area contributed by atoms with Gasteiger partial charge in [0.25, 0.3) is 0 Å². The number of hydrogen-bond donors (Lipinski definition) is 1. The van der Waals surface area contributed by atoms with Crippen LogP contribution in [0, 0.1) is 5.41 Å². The summed E-state index contributed by atoms with van der Waals surface area (Å²) in [7, 11) is 0. The van der Waals surface area contributed by atoms with Crippen molar-refractivity contribution in [1.82, 2.24) is 15.0 Å². The van der Waals surface area contributed by atoms with E-state index in [1.807, 2.05) is 30.3 Å². The third-order valence-electron chi connectivity index (χ3n) is 4.01. The van der Waals surface area contributed by atoms with Crippen molar-refractivity contribution in [3.63, 3.8) is 0 Å². The third-order valence-corrected chi connectivity index (χ3v) is 4.01. The van der Waals surface area contributed by atoms with E-state index in [1.165, 1.54) is 0 Å². The van der Waals surface area contributed by atoms with Gasteiger partial charge in [0, 0.05) is 0 Å². The highest BCUT2D eigenvalue weighted by molar-refractivity contribution is 5.33. The van der Waals surface area contributed by atoms with Crippen molar-refractivity contribution in [1.29, 1.82) is 0 Å². The second-order valence-corrected chi connectivity index (χ2v) is 6.24. The second-order valence-electron chi connectivity index (χ2n) is 6.24. The van der Waals surface area contributed by atoms with E-state index in [9.17, 15) is 5.11 Å². The number of aromatic nitrogens is 3. The maximum absolute atomic E-state index is 10.9. The van der Waals surface area contributed by atoms with Crippen molar-refractivity contribution in [2.24, 2.45) is 5.41 Å². The average Bonchev–Trinajstić information content (AvgIpc) is 2.96. The standard InChI is InChI=1S/C15H19N3O/c1-14(2)8-9-15(19,11-14)13-10-16-17-18(13)12-6-4-3-5-7-12/h3-7,10,19H,8-9,11H2,1-2H3. The molecule has 1 aliphatic carbocycles. The summed E-state index contributed by atoms with van der Waals surface area (Å²) in [5.74, 6) is 0. The molecule has 1 unspecified atom stereocenters. The molecule has 1 fully saturated rings.